The second kappa shape index (κ2) is 5.00. The van der Waals surface area contributed by atoms with Gasteiger partial charge >= 0.3 is 0 Å². The van der Waals surface area contributed by atoms with Crippen LogP contribution in [0.2, 0.25) is 0 Å². The Morgan fingerprint density at radius 3 is 2.70 bits per heavy atom. The molecule has 1 aliphatic carbocycles. The maximum Gasteiger partial charge on any atom is 0.258 e. The third-order valence-electron chi connectivity index (χ3n) is 3.27. The fourth-order valence-electron chi connectivity index (χ4n) is 2.07. The van der Waals surface area contributed by atoms with E-state index in [-0.39, 0.29) is 11.8 Å². The molecule has 1 amide bonds. The van der Waals surface area contributed by atoms with Crippen LogP contribution in [0.4, 0.5) is 0 Å². The first kappa shape index (κ1) is 12.7. The molecule has 104 valence electrons. The first-order chi connectivity index (χ1) is 9.65. The van der Waals surface area contributed by atoms with Gasteiger partial charge in [0, 0.05) is 19.0 Å². The van der Waals surface area contributed by atoms with Gasteiger partial charge in [-0.15, -0.1) is 0 Å². The smallest absolute Gasteiger partial charge is 0.258 e. The molecule has 0 spiro atoms. The lowest BCUT2D eigenvalue weighted by atomic mass is 10.3. The van der Waals surface area contributed by atoms with Crippen LogP contribution in [0.1, 0.15) is 18.5 Å². The number of benzene rings is 1. The predicted octanol–water partition coefficient (Wildman–Crippen LogP) is 2.34. The number of hydrogen-bond acceptors (Lipinski definition) is 3. The molecule has 1 aromatic heterocycles. The molecule has 0 aliphatic heterocycles. The van der Waals surface area contributed by atoms with Gasteiger partial charge < -0.3 is 4.84 Å². The van der Waals surface area contributed by atoms with Gasteiger partial charge in [-0.3, -0.25) is 4.79 Å². The van der Waals surface area contributed by atoms with E-state index in [1.165, 1.54) is 5.06 Å². The summed E-state index contributed by atoms with van der Waals surface area (Å²) in [6.45, 7) is 1.90. The van der Waals surface area contributed by atoms with E-state index < -0.39 is 0 Å². The summed E-state index contributed by atoms with van der Waals surface area (Å²) >= 11 is 0. The number of hydrogen-bond donors (Lipinski definition) is 0. The Labute approximate surface area is 117 Å². The van der Waals surface area contributed by atoms with Crippen molar-refractivity contribution >= 4 is 5.91 Å². The second-order valence-electron chi connectivity index (χ2n) is 5.07. The van der Waals surface area contributed by atoms with Crippen LogP contribution in [0.3, 0.4) is 0 Å². The van der Waals surface area contributed by atoms with Crippen LogP contribution < -0.4 is 4.84 Å². The van der Waals surface area contributed by atoms with Crippen molar-refractivity contribution in [3.05, 3.63) is 42.1 Å². The zero-order valence-corrected chi connectivity index (χ0v) is 11.6. The Kier molecular flexibility index (Phi) is 3.18. The molecule has 0 atom stereocenters. The van der Waals surface area contributed by atoms with Gasteiger partial charge in [-0.1, -0.05) is 18.2 Å². The van der Waals surface area contributed by atoms with E-state index in [9.17, 15) is 4.79 Å². The summed E-state index contributed by atoms with van der Waals surface area (Å²) in [5.41, 5.74) is 1.75. The molecule has 1 saturated carbocycles. The molecule has 0 N–H and O–H groups in total. The number of hydroxylamine groups is 2. The van der Waals surface area contributed by atoms with Crippen LogP contribution in [0, 0.1) is 12.8 Å². The van der Waals surface area contributed by atoms with Crippen molar-refractivity contribution in [3.63, 3.8) is 0 Å². The molecular weight excluding hydrogens is 254 g/mol. The minimum Gasteiger partial charge on any atom is -0.357 e. The van der Waals surface area contributed by atoms with E-state index in [4.69, 9.17) is 4.84 Å². The summed E-state index contributed by atoms with van der Waals surface area (Å²) in [6, 6.07) is 11.5. The Morgan fingerprint density at radius 1 is 1.35 bits per heavy atom. The first-order valence-electron chi connectivity index (χ1n) is 6.73. The average Bonchev–Trinajstić information content (AvgIpc) is 3.23. The summed E-state index contributed by atoms with van der Waals surface area (Å²) in [5.74, 6) is 0.711. The van der Waals surface area contributed by atoms with Crippen LogP contribution in [-0.2, 0) is 4.79 Å². The van der Waals surface area contributed by atoms with Crippen LogP contribution in [-0.4, -0.2) is 27.8 Å². The highest BCUT2D eigenvalue weighted by atomic mass is 16.7. The Morgan fingerprint density at radius 2 is 2.05 bits per heavy atom. The van der Waals surface area contributed by atoms with Gasteiger partial charge in [0.05, 0.1) is 11.4 Å². The number of carbonyl (C=O) groups is 1. The normalized spacial score (nSPS) is 14.1. The van der Waals surface area contributed by atoms with Crippen LogP contribution in [0.5, 0.6) is 5.88 Å². The second-order valence-corrected chi connectivity index (χ2v) is 5.07. The Bertz CT molecular complexity index is 617. The van der Waals surface area contributed by atoms with Gasteiger partial charge in [0.1, 0.15) is 0 Å². The zero-order chi connectivity index (χ0) is 14.1. The highest BCUT2D eigenvalue weighted by molar-refractivity contribution is 5.79. The maximum absolute atomic E-state index is 11.9. The Balaban J connectivity index is 1.84. The molecule has 1 heterocycles. The monoisotopic (exact) mass is 271 g/mol. The van der Waals surface area contributed by atoms with Crippen LogP contribution in [0.15, 0.2) is 36.4 Å². The fraction of sp³-hybridized carbons (Fsp3) is 0.333. The Hall–Kier alpha value is -2.30. The van der Waals surface area contributed by atoms with E-state index in [0.29, 0.717) is 5.88 Å². The largest absolute Gasteiger partial charge is 0.357 e. The molecule has 5 nitrogen and oxygen atoms in total. The number of aryl methyl sites for hydroxylation is 1. The van der Waals surface area contributed by atoms with Crippen LogP contribution in [0.25, 0.3) is 5.69 Å². The van der Waals surface area contributed by atoms with E-state index in [2.05, 4.69) is 5.10 Å². The summed E-state index contributed by atoms with van der Waals surface area (Å²) in [5, 5.41) is 5.72. The van der Waals surface area contributed by atoms with Gasteiger partial charge in [0.15, 0.2) is 0 Å². The predicted molar refractivity (Wildman–Crippen MR) is 74.4 cm³/mol. The highest BCUT2D eigenvalue weighted by Crippen LogP contribution is 2.31. The third kappa shape index (κ3) is 2.52. The average molecular weight is 271 g/mol. The molecule has 3 rings (SSSR count). The molecular formula is C15H17N3O2. The number of nitrogens with zero attached hydrogens (tertiary/aromatic N) is 3. The van der Waals surface area contributed by atoms with E-state index in [1.54, 1.807) is 11.7 Å². The van der Waals surface area contributed by atoms with Crippen molar-refractivity contribution < 1.29 is 9.63 Å². The third-order valence-corrected chi connectivity index (χ3v) is 3.27. The SMILES string of the molecule is Cc1cc(ON(C)C(=O)C2CC2)n(-c2ccccc2)n1. The van der Waals surface area contributed by atoms with E-state index in [1.807, 2.05) is 43.3 Å². The molecule has 20 heavy (non-hydrogen) atoms. The summed E-state index contributed by atoms with van der Waals surface area (Å²) in [7, 11) is 1.65. The lowest BCUT2D eigenvalue weighted by Crippen LogP contribution is -2.32. The minimum atomic E-state index is 0.0310. The van der Waals surface area contributed by atoms with Crippen molar-refractivity contribution in [2.75, 3.05) is 7.05 Å². The van der Waals surface area contributed by atoms with Crippen molar-refractivity contribution in [1.29, 1.82) is 0 Å². The van der Waals surface area contributed by atoms with Crippen LogP contribution >= 0.6 is 0 Å². The molecule has 1 aliphatic rings. The van der Waals surface area contributed by atoms with Gasteiger partial charge in [-0.2, -0.15) is 14.8 Å². The fourth-order valence-corrected chi connectivity index (χ4v) is 2.07. The number of amides is 1. The molecule has 2 aromatic rings. The van der Waals surface area contributed by atoms with Gasteiger partial charge in [0.2, 0.25) is 5.88 Å². The van der Waals surface area contributed by atoms with Gasteiger partial charge in [0.25, 0.3) is 5.91 Å². The number of para-hydroxylation sites is 1. The molecule has 1 aromatic carbocycles. The maximum atomic E-state index is 11.9. The minimum absolute atomic E-state index is 0.0310. The number of carbonyl (C=O) groups excluding carboxylic acids is 1. The van der Waals surface area contributed by atoms with Crippen molar-refractivity contribution in [3.8, 4) is 11.6 Å². The zero-order valence-electron chi connectivity index (χ0n) is 11.6. The standard InChI is InChI=1S/C15H17N3O2/c1-11-10-14(20-17(2)15(19)12-8-9-12)18(16-11)13-6-4-3-5-7-13/h3-7,10,12H,8-9H2,1-2H3. The summed E-state index contributed by atoms with van der Waals surface area (Å²) in [6.07, 6.45) is 1.92. The highest BCUT2D eigenvalue weighted by Gasteiger charge is 2.33. The van der Waals surface area contributed by atoms with Gasteiger partial charge in [-0.25, -0.2) is 0 Å². The number of aromatic nitrogens is 2. The van der Waals surface area contributed by atoms with E-state index in [0.717, 1.165) is 24.2 Å². The molecule has 0 radical (unpaired) electrons. The molecule has 5 heteroatoms. The van der Waals surface area contributed by atoms with Crippen molar-refractivity contribution in [1.82, 2.24) is 14.8 Å². The quantitative estimate of drug-likeness (QED) is 0.802. The number of rotatable bonds is 4. The topological polar surface area (TPSA) is 47.4 Å². The lowest BCUT2D eigenvalue weighted by molar-refractivity contribution is -0.154. The van der Waals surface area contributed by atoms with Crippen molar-refractivity contribution in [2.24, 2.45) is 5.92 Å². The molecule has 1 fully saturated rings. The molecule has 0 saturated heterocycles. The first-order valence-corrected chi connectivity index (χ1v) is 6.73. The lowest BCUT2D eigenvalue weighted by Gasteiger charge is -2.17. The molecule has 0 unspecified atom stereocenters. The summed E-state index contributed by atoms with van der Waals surface area (Å²) in [4.78, 5) is 17.6. The van der Waals surface area contributed by atoms with Crippen molar-refractivity contribution in [2.45, 2.75) is 19.8 Å². The molecule has 0 bridgehead atoms. The summed E-state index contributed by atoms with van der Waals surface area (Å²) < 4.78 is 1.70. The van der Waals surface area contributed by atoms with E-state index >= 15 is 0 Å². The van der Waals surface area contributed by atoms with Gasteiger partial charge in [-0.05, 0) is 31.9 Å².